The standard InChI is InChI=1S/C36H41F2N7O7/c37-36(38)19-23(20-39)45(22-36)29(46)21-44-34(49)26-12-14-40-28-11-10-25(18-27(26)28)51-17-7-6-13-41-30-31(33(48)32(30)47)42-15-16-43-35(50)52-24-8-4-2-1-3-5-9-24/h1-2,10-12,14,18,23-24,41-42H,3-9,13,15-17,19,21-22H2,(H,43,50)(H,44,49)/b2-1-/t23-,24?/m0/s1. The van der Waals surface area contributed by atoms with E-state index < -0.39 is 60.2 Å². The van der Waals surface area contributed by atoms with Crippen LogP contribution >= 0.6 is 0 Å². The van der Waals surface area contributed by atoms with Crippen LogP contribution in [0.1, 0.15) is 61.7 Å². The van der Waals surface area contributed by atoms with Gasteiger partial charge in [0, 0.05) is 37.6 Å². The van der Waals surface area contributed by atoms with Crippen LogP contribution in [-0.4, -0.2) is 85.2 Å². The molecule has 0 radical (unpaired) electrons. The normalized spacial score (nSPS) is 18.8. The van der Waals surface area contributed by atoms with E-state index in [0.29, 0.717) is 42.6 Å². The van der Waals surface area contributed by atoms with E-state index in [2.05, 4.69) is 38.4 Å². The molecule has 3 amide bonds. The number of amides is 3. The minimum absolute atomic E-state index is 0.126. The van der Waals surface area contributed by atoms with E-state index in [-0.39, 0.29) is 36.1 Å². The summed E-state index contributed by atoms with van der Waals surface area (Å²) in [5.74, 6) is -4.10. The number of fused-ring (bicyclic) bond motifs is 1. The largest absolute Gasteiger partial charge is 0.494 e. The summed E-state index contributed by atoms with van der Waals surface area (Å²) < 4.78 is 38.8. The molecule has 5 rings (SSSR count). The molecule has 16 heteroatoms. The Kier molecular flexibility index (Phi) is 12.7. The van der Waals surface area contributed by atoms with Gasteiger partial charge in [-0.05, 0) is 69.2 Å². The molecule has 0 saturated carbocycles. The maximum Gasteiger partial charge on any atom is 0.407 e. The Hall–Kier alpha value is -5.59. The highest BCUT2D eigenvalue weighted by atomic mass is 19.3. The number of likely N-dealkylation sites (tertiary alicyclic amines) is 1. The Bertz CT molecular complexity index is 1900. The lowest BCUT2D eigenvalue weighted by Crippen LogP contribution is -2.43. The van der Waals surface area contributed by atoms with E-state index in [1.807, 2.05) is 0 Å². The molecule has 2 atom stereocenters. The number of pyridine rings is 1. The highest BCUT2D eigenvalue weighted by Gasteiger charge is 2.47. The van der Waals surface area contributed by atoms with Crippen LogP contribution in [0.15, 0.2) is 52.2 Å². The first kappa shape index (κ1) is 37.7. The molecular formula is C36H41F2N7O7. The van der Waals surface area contributed by atoms with Gasteiger partial charge in [0.15, 0.2) is 0 Å². The van der Waals surface area contributed by atoms with Crippen molar-refractivity contribution in [2.45, 2.75) is 69.4 Å². The predicted molar refractivity (Wildman–Crippen MR) is 188 cm³/mol. The number of nitrogens with one attached hydrogen (secondary N) is 4. The van der Waals surface area contributed by atoms with Crippen molar-refractivity contribution in [3.8, 4) is 11.8 Å². The van der Waals surface area contributed by atoms with E-state index in [9.17, 15) is 32.8 Å². The summed E-state index contributed by atoms with van der Waals surface area (Å²) in [7, 11) is 0. The summed E-state index contributed by atoms with van der Waals surface area (Å²) in [5.41, 5.74) is -0.148. The number of allylic oxidation sites excluding steroid dienone is 2. The van der Waals surface area contributed by atoms with Crippen molar-refractivity contribution in [2.24, 2.45) is 0 Å². The first-order valence-corrected chi connectivity index (χ1v) is 17.3. The van der Waals surface area contributed by atoms with Gasteiger partial charge in [0.25, 0.3) is 22.7 Å². The molecule has 1 aliphatic carbocycles. The van der Waals surface area contributed by atoms with Crippen molar-refractivity contribution >= 4 is 40.2 Å². The van der Waals surface area contributed by atoms with Crippen LogP contribution in [0.2, 0.25) is 0 Å². The third-order valence-electron chi connectivity index (χ3n) is 8.84. The summed E-state index contributed by atoms with van der Waals surface area (Å²) in [6.45, 7) is -0.271. The number of anilines is 2. The molecule has 14 nitrogen and oxygen atoms in total. The predicted octanol–water partition coefficient (Wildman–Crippen LogP) is 3.62. The zero-order chi connectivity index (χ0) is 37.1. The van der Waals surface area contributed by atoms with Crippen molar-refractivity contribution in [2.75, 3.05) is 50.0 Å². The number of aromatic nitrogens is 1. The lowest BCUT2D eigenvalue weighted by molar-refractivity contribution is -0.131. The zero-order valence-electron chi connectivity index (χ0n) is 28.6. The number of halogens is 2. The number of nitrogens with zero attached hydrogens (tertiary/aromatic N) is 3. The Morgan fingerprint density at radius 3 is 2.54 bits per heavy atom. The van der Waals surface area contributed by atoms with E-state index in [4.69, 9.17) is 14.7 Å². The summed E-state index contributed by atoms with van der Waals surface area (Å²) in [5, 5.41) is 20.6. The Balaban J connectivity index is 1.02. The third-order valence-corrected chi connectivity index (χ3v) is 8.84. The van der Waals surface area contributed by atoms with Gasteiger partial charge in [0.2, 0.25) is 5.91 Å². The third kappa shape index (κ3) is 9.80. The molecular weight excluding hydrogens is 680 g/mol. The smallest absolute Gasteiger partial charge is 0.407 e. The number of carbonyl (C=O) groups excluding carboxylic acids is 3. The van der Waals surface area contributed by atoms with Gasteiger partial charge >= 0.3 is 6.09 Å². The van der Waals surface area contributed by atoms with Crippen LogP contribution in [0.3, 0.4) is 0 Å². The first-order chi connectivity index (χ1) is 25.1. The number of alkyl carbamates (subject to hydrolysis) is 1. The lowest BCUT2D eigenvalue weighted by atomic mass is 10.0. The SMILES string of the molecule is N#C[C@@H]1CC(F)(F)CN1C(=O)CNC(=O)c1ccnc2ccc(OCCCCNc3c(NCCNC(=O)OC4CC/C=C\CCC4)c(=O)c3=O)cc12. The van der Waals surface area contributed by atoms with E-state index in [1.54, 1.807) is 24.3 Å². The average molecular weight is 722 g/mol. The number of benzene rings is 1. The molecule has 1 unspecified atom stereocenters. The van der Waals surface area contributed by atoms with Crippen molar-refractivity contribution in [1.29, 1.82) is 5.26 Å². The summed E-state index contributed by atoms with van der Waals surface area (Å²) in [6.07, 6.45) is 9.90. The fraction of sp³-hybridized carbons (Fsp3) is 0.472. The van der Waals surface area contributed by atoms with Gasteiger partial charge in [0.05, 0.1) is 36.8 Å². The summed E-state index contributed by atoms with van der Waals surface area (Å²) in [6, 6.07) is 6.92. The van der Waals surface area contributed by atoms with Gasteiger partial charge in [-0.3, -0.25) is 24.2 Å². The second-order valence-electron chi connectivity index (χ2n) is 12.7. The second kappa shape index (κ2) is 17.6. The monoisotopic (exact) mass is 721 g/mol. The molecule has 52 heavy (non-hydrogen) atoms. The van der Waals surface area contributed by atoms with Crippen molar-refractivity contribution in [3.63, 3.8) is 0 Å². The van der Waals surface area contributed by atoms with Crippen LogP contribution in [-0.2, 0) is 9.53 Å². The first-order valence-electron chi connectivity index (χ1n) is 17.3. The van der Waals surface area contributed by atoms with E-state index >= 15 is 0 Å². The number of unbranched alkanes of at least 4 members (excludes halogenated alkanes) is 1. The van der Waals surface area contributed by atoms with Gasteiger partial charge < -0.3 is 35.6 Å². The van der Waals surface area contributed by atoms with Crippen molar-refractivity contribution in [1.82, 2.24) is 20.5 Å². The molecule has 0 bridgehead atoms. The molecule has 2 heterocycles. The zero-order valence-corrected chi connectivity index (χ0v) is 28.6. The van der Waals surface area contributed by atoms with Crippen LogP contribution in [0.25, 0.3) is 10.9 Å². The lowest BCUT2D eigenvalue weighted by Gasteiger charge is -2.19. The molecule has 1 saturated heterocycles. The Morgan fingerprint density at radius 2 is 1.75 bits per heavy atom. The number of rotatable bonds is 15. The molecule has 4 N–H and O–H groups in total. The number of hydrogen-bond acceptors (Lipinski definition) is 11. The van der Waals surface area contributed by atoms with Crippen LogP contribution in [0.4, 0.5) is 25.0 Å². The summed E-state index contributed by atoms with van der Waals surface area (Å²) >= 11 is 0. The molecule has 2 aliphatic rings. The van der Waals surface area contributed by atoms with Gasteiger partial charge in [-0.15, -0.1) is 0 Å². The van der Waals surface area contributed by atoms with Crippen LogP contribution in [0, 0.1) is 11.3 Å². The summed E-state index contributed by atoms with van der Waals surface area (Å²) in [4.78, 5) is 67.0. The second-order valence-corrected chi connectivity index (χ2v) is 12.7. The molecule has 3 aromatic rings. The van der Waals surface area contributed by atoms with Crippen molar-refractivity contribution < 1.29 is 32.6 Å². The van der Waals surface area contributed by atoms with Crippen molar-refractivity contribution in [3.05, 3.63) is 68.6 Å². The number of nitriles is 1. The minimum Gasteiger partial charge on any atom is -0.494 e. The topological polar surface area (TPSA) is 192 Å². The molecule has 1 aliphatic heterocycles. The van der Waals surface area contributed by atoms with Crippen LogP contribution in [0.5, 0.6) is 5.75 Å². The number of ether oxygens (including phenoxy) is 2. The average Bonchev–Trinajstić information content (AvgIpc) is 3.45. The number of hydrogen-bond donors (Lipinski definition) is 4. The van der Waals surface area contributed by atoms with Crippen LogP contribution < -0.4 is 36.9 Å². The molecule has 276 valence electrons. The quantitative estimate of drug-likeness (QED) is 0.102. The van der Waals surface area contributed by atoms with E-state index in [0.717, 1.165) is 37.0 Å². The highest BCUT2D eigenvalue weighted by Crippen LogP contribution is 2.31. The van der Waals surface area contributed by atoms with E-state index in [1.165, 1.54) is 12.3 Å². The Labute approximate surface area is 298 Å². The molecule has 1 fully saturated rings. The highest BCUT2D eigenvalue weighted by molar-refractivity contribution is 6.07. The maximum absolute atomic E-state index is 13.7. The minimum atomic E-state index is -3.16. The van der Waals surface area contributed by atoms with Gasteiger partial charge in [-0.1, -0.05) is 12.2 Å². The number of carbonyl (C=O) groups is 3. The van der Waals surface area contributed by atoms with Gasteiger partial charge in [0.1, 0.15) is 29.3 Å². The molecule has 1 aromatic heterocycles. The molecule has 0 spiro atoms. The van der Waals surface area contributed by atoms with Gasteiger partial charge in [-0.2, -0.15) is 5.26 Å². The Morgan fingerprint density at radius 1 is 0.981 bits per heavy atom. The number of alkyl halides is 2. The van der Waals surface area contributed by atoms with Gasteiger partial charge in [-0.25, -0.2) is 13.6 Å². The fourth-order valence-electron chi connectivity index (χ4n) is 6.11. The maximum atomic E-state index is 13.7. The fourth-order valence-corrected chi connectivity index (χ4v) is 6.11. The molecule has 2 aromatic carbocycles.